The number of hydrogen-bond donors (Lipinski definition) is 3. The molecule has 1 aliphatic rings. The third-order valence-electron chi connectivity index (χ3n) is 5.72. The lowest BCUT2D eigenvalue weighted by Crippen LogP contribution is -2.44. The predicted molar refractivity (Wildman–Crippen MR) is 108 cm³/mol. The van der Waals surface area contributed by atoms with Crippen LogP contribution in [0.3, 0.4) is 0 Å². The summed E-state index contributed by atoms with van der Waals surface area (Å²) < 4.78 is 0. The maximum atomic E-state index is 13.0. The van der Waals surface area contributed by atoms with E-state index in [9.17, 15) is 4.79 Å². The molecule has 0 spiro atoms. The molecule has 5 heteroatoms. The molecule has 2 heterocycles. The normalized spacial score (nSPS) is 20.9. The van der Waals surface area contributed by atoms with Gasteiger partial charge in [-0.1, -0.05) is 48.5 Å². The van der Waals surface area contributed by atoms with Crippen LogP contribution in [0.5, 0.6) is 0 Å². The van der Waals surface area contributed by atoms with E-state index in [-0.39, 0.29) is 17.7 Å². The van der Waals surface area contributed by atoms with Crippen molar-refractivity contribution in [3.63, 3.8) is 0 Å². The van der Waals surface area contributed by atoms with Crippen molar-refractivity contribution in [1.82, 2.24) is 9.88 Å². The number of nitrogens with zero attached hydrogens (tertiary/aromatic N) is 1. The zero-order chi connectivity index (χ0) is 18.8. The first-order valence-corrected chi connectivity index (χ1v) is 9.51. The van der Waals surface area contributed by atoms with Crippen LogP contribution in [0, 0.1) is 5.92 Å². The molecule has 2 aromatic carbocycles. The molecule has 1 amide bonds. The van der Waals surface area contributed by atoms with Gasteiger partial charge in [0.2, 0.25) is 5.91 Å². The molecular weight excluding hydrogens is 336 g/mol. The quantitative estimate of drug-likeness (QED) is 0.650. The third kappa shape index (κ3) is 3.48. The van der Waals surface area contributed by atoms with Gasteiger partial charge in [-0.05, 0) is 36.1 Å². The number of likely N-dealkylation sites (tertiary alicyclic amines) is 1. The average Bonchev–Trinajstić information content (AvgIpc) is 3.32. The lowest BCUT2D eigenvalue weighted by molar-refractivity contribution is -0.131. The molecule has 0 bridgehead atoms. The minimum Gasteiger partial charge on any atom is -0.361 e. The Balaban J connectivity index is 1.47. The summed E-state index contributed by atoms with van der Waals surface area (Å²) in [5, 5.41) is 1.13. The molecule has 1 aromatic heterocycles. The van der Waals surface area contributed by atoms with Crippen molar-refractivity contribution in [2.24, 2.45) is 17.4 Å². The number of nitrogens with one attached hydrogen (secondary N) is 1. The van der Waals surface area contributed by atoms with Gasteiger partial charge in [0.05, 0.1) is 6.04 Å². The Hall–Kier alpha value is -2.63. The van der Waals surface area contributed by atoms with E-state index in [0.717, 1.165) is 16.5 Å². The molecule has 5 nitrogen and oxygen atoms in total. The Morgan fingerprint density at radius 2 is 1.85 bits per heavy atom. The lowest BCUT2D eigenvalue weighted by atomic mass is 9.89. The number of para-hydroxylation sites is 1. The fourth-order valence-corrected chi connectivity index (χ4v) is 4.23. The van der Waals surface area contributed by atoms with E-state index in [2.05, 4.69) is 23.2 Å². The van der Waals surface area contributed by atoms with Gasteiger partial charge in [0, 0.05) is 36.1 Å². The number of benzene rings is 2. The van der Waals surface area contributed by atoms with Crippen molar-refractivity contribution in [3.8, 4) is 0 Å². The van der Waals surface area contributed by atoms with Crippen LogP contribution in [0.1, 0.15) is 17.0 Å². The number of hydrogen-bond acceptors (Lipinski definition) is 3. The molecule has 0 aliphatic carbocycles. The summed E-state index contributed by atoms with van der Waals surface area (Å²) in [6.07, 6.45) is 2.49. The minimum absolute atomic E-state index is 0.0113. The first-order valence-electron chi connectivity index (χ1n) is 9.51. The van der Waals surface area contributed by atoms with E-state index in [1.807, 2.05) is 47.5 Å². The number of carbonyl (C=O) groups is 1. The van der Waals surface area contributed by atoms with Gasteiger partial charge in [0.15, 0.2) is 0 Å². The average molecular weight is 362 g/mol. The van der Waals surface area contributed by atoms with Crippen LogP contribution >= 0.6 is 0 Å². The lowest BCUT2D eigenvalue weighted by Gasteiger charge is -2.21. The number of H-pyrrole nitrogens is 1. The summed E-state index contributed by atoms with van der Waals surface area (Å²) in [5.74, 6) is 0.564. The molecule has 0 saturated carbocycles. The van der Waals surface area contributed by atoms with Gasteiger partial charge in [0.25, 0.3) is 0 Å². The van der Waals surface area contributed by atoms with Crippen LogP contribution in [0.25, 0.3) is 10.9 Å². The van der Waals surface area contributed by atoms with Crippen LogP contribution in [0.2, 0.25) is 0 Å². The van der Waals surface area contributed by atoms with Gasteiger partial charge in [-0.25, -0.2) is 0 Å². The van der Waals surface area contributed by atoms with Gasteiger partial charge in [-0.2, -0.15) is 0 Å². The van der Waals surface area contributed by atoms with Crippen molar-refractivity contribution in [1.29, 1.82) is 0 Å². The number of carbonyl (C=O) groups excluding carboxylic acids is 1. The molecule has 0 radical (unpaired) electrons. The maximum absolute atomic E-state index is 13.0. The zero-order valence-corrected chi connectivity index (χ0v) is 15.3. The molecule has 27 heavy (non-hydrogen) atoms. The second-order valence-electron chi connectivity index (χ2n) is 7.43. The number of nitrogens with two attached hydrogens (primary N) is 2. The first kappa shape index (κ1) is 17.8. The van der Waals surface area contributed by atoms with Crippen LogP contribution in [0.15, 0.2) is 60.8 Å². The van der Waals surface area contributed by atoms with E-state index >= 15 is 0 Å². The molecule has 4 rings (SSSR count). The largest absolute Gasteiger partial charge is 0.361 e. The Bertz CT molecular complexity index is 920. The van der Waals surface area contributed by atoms with Gasteiger partial charge < -0.3 is 21.4 Å². The van der Waals surface area contributed by atoms with Crippen molar-refractivity contribution in [2.45, 2.75) is 18.4 Å². The highest BCUT2D eigenvalue weighted by Gasteiger charge is 2.36. The summed E-state index contributed by atoms with van der Waals surface area (Å²) in [5.41, 5.74) is 15.7. The molecular formula is C22H26N4O. The summed E-state index contributed by atoms with van der Waals surface area (Å²) in [6, 6.07) is 17.9. The van der Waals surface area contributed by atoms with E-state index < -0.39 is 6.04 Å². The SMILES string of the molecule is NC[C@@H]1CN(C(=O)[C@@H](N)Cc2c[nH]c3ccccc23)C[C@H]1c1ccccc1. The standard InChI is InChI=1S/C22H26N4O/c23-11-17-13-26(14-19(17)15-6-2-1-3-7-15)22(27)20(24)10-16-12-25-21-9-5-4-8-18(16)21/h1-9,12,17,19-20,25H,10-11,13-14,23-24H2/t17-,19+,20+/m1/s1. The monoisotopic (exact) mass is 362 g/mol. The van der Waals surface area contributed by atoms with E-state index in [0.29, 0.717) is 26.1 Å². The van der Waals surface area contributed by atoms with Gasteiger partial charge in [-0.3, -0.25) is 4.79 Å². The zero-order valence-electron chi connectivity index (χ0n) is 15.3. The molecule has 3 atom stereocenters. The number of rotatable bonds is 5. The van der Waals surface area contributed by atoms with Crippen molar-refractivity contribution >= 4 is 16.8 Å². The fourth-order valence-electron chi connectivity index (χ4n) is 4.23. The Morgan fingerprint density at radius 3 is 2.63 bits per heavy atom. The Kier molecular flexibility index (Phi) is 4.97. The second-order valence-corrected chi connectivity index (χ2v) is 7.43. The molecule has 1 aliphatic heterocycles. The van der Waals surface area contributed by atoms with Gasteiger partial charge in [-0.15, -0.1) is 0 Å². The highest BCUT2D eigenvalue weighted by molar-refractivity contribution is 5.86. The van der Waals surface area contributed by atoms with Crippen LogP contribution < -0.4 is 11.5 Å². The molecule has 1 saturated heterocycles. The number of fused-ring (bicyclic) bond motifs is 1. The van der Waals surface area contributed by atoms with Gasteiger partial charge >= 0.3 is 0 Å². The topological polar surface area (TPSA) is 88.1 Å². The summed E-state index contributed by atoms with van der Waals surface area (Å²) >= 11 is 0. The highest BCUT2D eigenvalue weighted by atomic mass is 16.2. The summed E-state index contributed by atoms with van der Waals surface area (Å²) in [4.78, 5) is 18.1. The van der Waals surface area contributed by atoms with E-state index in [1.165, 1.54) is 5.56 Å². The molecule has 5 N–H and O–H groups in total. The fraction of sp³-hybridized carbons (Fsp3) is 0.318. The minimum atomic E-state index is -0.544. The van der Waals surface area contributed by atoms with Crippen LogP contribution in [-0.2, 0) is 11.2 Å². The number of aromatic amines is 1. The number of amides is 1. The third-order valence-corrected chi connectivity index (χ3v) is 5.72. The molecule has 3 aromatic rings. The summed E-state index contributed by atoms with van der Waals surface area (Å²) in [7, 11) is 0. The van der Waals surface area contributed by atoms with E-state index in [4.69, 9.17) is 11.5 Å². The van der Waals surface area contributed by atoms with E-state index in [1.54, 1.807) is 0 Å². The van der Waals surface area contributed by atoms with Gasteiger partial charge in [0.1, 0.15) is 0 Å². The van der Waals surface area contributed by atoms with Crippen LogP contribution in [0.4, 0.5) is 0 Å². The Labute approximate surface area is 159 Å². The highest BCUT2D eigenvalue weighted by Crippen LogP contribution is 2.32. The molecule has 0 unspecified atom stereocenters. The number of aromatic nitrogens is 1. The smallest absolute Gasteiger partial charge is 0.239 e. The van der Waals surface area contributed by atoms with Crippen LogP contribution in [-0.4, -0.2) is 41.5 Å². The molecule has 1 fully saturated rings. The molecule has 140 valence electrons. The first-order chi connectivity index (χ1) is 13.2. The van der Waals surface area contributed by atoms with Crippen molar-refractivity contribution in [2.75, 3.05) is 19.6 Å². The predicted octanol–water partition coefficient (Wildman–Crippen LogP) is 2.24. The second kappa shape index (κ2) is 7.55. The Morgan fingerprint density at radius 1 is 1.11 bits per heavy atom. The van der Waals surface area contributed by atoms with Crippen molar-refractivity contribution in [3.05, 3.63) is 71.9 Å². The maximum Gasteiger partial charge on any atom is 0.239 e. The van der Waals surface area contributed by atoms with Crippen molar-refractivity contribution < 1.29 is 4.79 Å². The summed E-state index contributed by atoms with van der Waals surface area (Å²) in [6.45, 7) is 1.93.